The second kappa shape index (κ2) is 7.83. The Bertz CT molecular complexity index is 792. The van der Waals surface area contributed by atoms with E-state index in [2.05, 4.69) is 5.32 Å². The minimum Gasteiger partial charge on any atom is -0.326 e. The van der Waals surface area contributed by atoms with Crippen molar-refractivity contribution in [1.29, 1.82) is 0 Å². The van der Waals surface area contributed by atoms with Gasteiger partial charge in [-0.25, -0.2) is 13.2 Å². The molecule has 0 radical (unpaired) electrons. The molecule has 0 aromatic heterocycles. The molecular formula is C18H17F3N2O2. The van der Waals surface area contributed by atoms with Crippen LogP contribution in [-0.4, -0.2) is 18.4 Å². The van der Waals surface area contributed by atoms with Gasteiger partial charge in [0.2, 0.25) is 11.8 Å². The first-order chi connectivity index (χ1) is 11.8. The van der Waals surface area contributed by atoms with E-state index >= 15 is 0 Å². The average molecular weight is 350 g/mol. The number of rotatable bonds is 5. The van der Waals surface area contributed by atoms with Gasteiger partial charge in [-0.3, -0.25) is 9.59 Å². The summed E-state index contributed by atoms with van der Waals surface area (Å²) in [5, 5.41) is 2.65. The zero-order chi connectivity index (χ0) is 18.6. The van der Waals surface area contributed by atoms with E-state index in [1.807, 2.05) is 19.1 Å². The second-order valence-corrected chi connectivity index (χ2v) is 5.53. The van der Waals surface area contributed by atoms with Crippen LogP contribution in [0.1, 0.15) is 18.9 Å². The molecule has 0 fully saturated rings. The van der Waals surface area contributed by atoms with E-state index in [1.54, 1.807) is 12.1 Å². The standard InChI is InChI=1S/C18H17F3N2O2/c1-11-3-5-13(6-4-11)22-16(25)9-10-23(12(2)24)15-8-7-14(19)17(20)18(15)21/h3-8H,9-10H2,1-2H3,(H,22,25). The van der Waals surface area contributed by atoms with Crippen LogP contribution in [0.3, 0.4) is 0 Å². The fraction of sp³-hybridized carbons (Fsp3) is 0.222. The number of carbonyl (C=O) groups excluding carboxylic acids is 2. The monoisotopic (exact) mass is 350 g/mol. The third-order valence-electron chi connectivity index (χ3n) is 3.58. The molecule has 2 aromatic carbocycles. The number of halogens is 3. The maximum absolute atomic E-state index is 13.9. The number of aryl methyl sites for hydroxylation is 1. The van der Waals surface area contributed by atoms with Crippen molar-refractivity contribution in [3.63, 3.8) is 0 Å². The molecule has 0 spiro atoms. The summed E-state index contributed by atoms with van der Waals surface area (Å²) < 4.78 is 40.3. The molecule has 0 aliphatic heterocycles. The van der Waals surface area contributed by atoms with Gasteiger partial charge < -0.3 is 10.2 Å². The topological polar surface area (TPSA) is 49.4 Å². The van der Waals surface area contributed by atoms with Crippen molar-refractivity contribution in [3.8, 4) is 0 Å². The number of carbonyl (C=O) groups is 2. The fourth-order valence-corrected chi connectivity index (χ4v) is 2.25. The SMILES string of the molecule is CC(=O)N(CCC(=O)Nc1ccc(C)cc1)c1ccc(F)c(F)c1F. The van der Waals surface area contributed by atoms with Crippen molar-refractivity contribution in [2.45, 2.75) is 20.3 Å². The van der Waals surface area contributed by atoms with Crippen molar-refractivity contribution < 1.29 is 22.8 Å². The zero-order valence-electron chi connectivity index (χ0n) is 13.8. The molecule has 132 valence electrons. The normalized spacial score (nSPS) is 10.4. The van der Waals surface area contributed by atoms with Crippen LogP contribution in [-0.2, 0) is 9.59 Å². The van der Waals surface area contributed by atoms with Crippen molar-refractivity contribution >= 4 is 23.2 Å². The molecule has 0 bridgehead atoms. The first-order valence-electron chi connectivity index (χ1n) is 7.57. The molecule has 1 N–H and O–H groups in total. The number of nitrogens with one attached hydrogen (secondary N) is 1. The van der Waals surface area contributed by atoms with Crippen molar-refractivity contribution in [3.05, 3.63) is 59.4 Å². The molecule has 2 aromatic rings. The number of anilines is 2. The van der Waals surface area contributed by atoms with E-state index < -0.39 is 35.0 Å². The molecule has 4 nitrogen and oxygen atoms in total. The van der Waals surface area contributed by atoms with Crippen molar-refractivity contribution in [2.24, 2.45) is 0 Å². The van der Waals surface area contributed by atoms with E-state index in [0.29, 0.717) is 5.69 Å². The summed E-state index contributed by atoms with van der Waals surface area (Å²) in [4.78, 5) is 24.6. The zero-order valence-corrected chi connectivity index (χ0v) is 13.8. The Morgan fingerprint density at radius 1 is 1.00 bits per heavy atom. The Hall–Kier alpha value is -2.83. The molecule has 0 saturated heterocycles. The predicted molar refractivity (Wildman–Crippen MR) is 88.8 cm³/mol. The summed E-state index contributed by atoms with van der Waals surface area (Å²) in [6.45, 7) is 2.89. The number of hydrogen-bond acceptors (Lipinski definition) is 2. The molecule has 0 heterocycles. The summed E-state index contributed by atoms with van der Waals surface area (Å²) in [5.41, 5.74) is 1.22. The quantitative estimate of drug-likeness (QED) is 0.834. The van der Waals surface area contributed by atoms with E-state index in [1.165, 1.54) is 0 Å². The first kappa shape index (κ1) is 18.5. The van der Waals surface area contributed by atoms with E-state index in [4.69, 9.17) is 0 Å². The van der Waals surface area contributed by atoms with Gasteiger partial charge in [-0.05, 0) is 31.2 Å². The number of nitrogens with zero attached hydrogens (tertiary/aromatic N) is 1. The summed E-state index contributed by atoms with van der Waals surface area (Å²) in [7, 11) is 0. The summed E-state index contributed by atoms with van der Waals surface area (Å²) >= 11 is 0. The smallest absolute Gasteiger partial charge is 0.226 e. The molecule has 0 atom stereocenters. The third kappa shape index (κ3) is 4.59. The van der Waals surface area contributed by atoms with Crippen LogP contribution in [0.25, 0.3) is 0 Å². The van der Waals surface area contributed by atoms with Gasteiger partial charge in [-0.2, -0.15) is 0 Å². The van der Waals surface area contributed by atoms with Gasteiger partial charge >= 0.3 is 0 Å². The largest absolute Gasteiger partial charge is 0.326 e. The van der Waals surface area contributed by atoms with Crippen molar-refractivity contribution in [1.82, 2.24) is 0 Å². The van der Waals surface area contributed by atoms with Gasteiger partial charge in [-0.15, -0.1) is 0 Å². The molecule has 2 rings (SSSR count). The third-order valence-corrected chi connectivity index (χ3v) is 3.58. The highest BCUT2D eigenvalue weighted by Crippen LogP contribution is 2.24. The number of hydrogen-bond donors (Lipinski definition) is 1. The molecule has 0 saturated carbocycles. The van der Waals surface area contributed by atoms with Crippen LogP contribution in [0.4, 0.5) is 24.5 Å². The second-order valence-electron chi connectivity index (χ2n) is 5.53. The van der Waals surface area contributed by atoms with Crippen LogP contribution in [0, 0.1) is 24.4 Å². The number of benzene rings is 2. The average Bonchev–Trinajstić information content (AvgIpc) is 2.56. The highest BCUT2D eigenvalue weighted by Gasteiger charge is 2.21. The first-order valence-corrected chi connectivity index (χ1v) is 7.57. The van der Waals surface area contributed by atoms with E-state index in [9.17, 15) is 22.8 Å². The van der Waals surface area contributed by atoms with Crippen LogP contribution in [0.5, 0.6) is 0 Å². The van der Waals surface area contributed by atoms with Crippen LogP contribution < -0.4 is 10.2 Å². The fourth-order valence-electron chi connectivity index (χ4n) is 2.25. The Balaban J connectivity index is 2.07. The molecule has 0 aliphatic carbocycles. The molecular weight excluding hydrogens is 333 g/mol. The minimum absolute atomic E-state index is 0.133. The maximum Gasteiger partial charge on any atom is 0.226 e. The maximum atomic E-state index is 13.9. The predicted octanol–water partition coefficient (Wildman–Crippen LogP) is 3.79. The minimum atomic E-state index is -1.66. The molecule has 7 heteroatoms. The van der Waals surface area contributed by atoms with Gasteiger partial charge in [-0.1, -0.05) is 17.7 Å². The summed E-state index contributed by atoms with van der Waals surface area (Å²) in [5.74, 6) is -5.45. The Morgan fingerprint density at radius 2 is 1.64 bits per heavy atom. The molecule has 25 heavy (non-hydrogen) atoms. The van der Waals surface area contributed by atoms with E-state index in [-0.39, 0.29) is 13.0 Å². The Kier molecular flexibility index (Phi) is 5.80. The van der Waals surface area contributed by atoms with Gasteiger partial charge in [0.15, 0.2) is 17.5 Å². The van der Waals surface area contributed by atoms with Crippen LogP contribution >= 0.6 is 0 Å². The highest BCUT2D eigenvalue weighted by atomic mass is 19.2. The van der Waals surface area contributed by atoms with Crippen molar-refractivity contribution in [2.75, 3.05) is 16.8 Å². The van der Waals surface area contributed by atoms with E-state index in [0.717, 1.165) is 29.5 Å². The highest BCUT2D eigenvalue weighted by molar-refractivity contribution is 5.94. The lowest BCUT2D eigenvalue weighted by Gasteiger charge is -2.21. The number of amides is 2. The van der Waals surface area contributed by atoms with Gasteiger partial charge in [0.05, 0.1) is 5.69 Å². The van der Waals surface area contributed by atoms with Crippen LogP contribution in [0.2, 0.25) is 0 Å². The molecule has 0 unspecified atom stereocenters. The lowest BCUT2D eigenvalue weighted by atomic mass is 10.2. The molecule has 0 aliphatic rings. The van der Waals surface area contributed by atoms with Gasteiger partial charge in [0.1, 0.15) is 0 Å². The molecule has 2 amide bonds. The Morgan fingerprint density at radius 3 is 2.24 bits per heavy atom. The van der Waals surface area contributed by atoms with Gasteiger partial charge in [0, 0.05) is 25.6 Å². The summed E-state index contributed by atoms with van der Waals surface area (Å²) in [6.07, 6.45) is -0.133. The summed E-state index contributed by atoms with van der Waals surface area (Å²) in [6, 6.07) is 8.81. The lowest BCUT2D eigenvalue weighted by Crippen LogP contribution is -2.33. The Labute approximate surface area is 143 Å². The lowest BCUT2D eigenvalue weighted by molar-refractivity contribution is -0.117. The van der Waals surface area contributed by atoms with Crippen LogP contribution in [0.15, 0.2) is 36.4 Å². The van der Waals surface area contributed by atoms with Gasteiger partial charge in [0.25, 0.3) is 0 Å².